The van der Waals surface area contributed by atoms with E-state index >= 15 is 0 Å². The molecule has 1 aliphatic heterocycles. The molecule has 0 spiro atoms. The van der Waals surface area contributed by atoms with Crippen LogP contribution in [0.4, 0.5) is 5.95 Å². The molecule has 4 heteroatoms. The lowest BCUT2D eigenvalue weighted by molar-refractivity contribution is 0.869. The zero-order valence-corrected chi connectivity index (χ0v) is 9.24. The van der Waals surface area contributed by atoms with E-state index in [1.165, 1.54) is 12.8 Å². The highest BCUT2D eigenvalue weighted by Gasteiger charge is 2.22. The van der Waals surface area contributed by atoms with Gasteiger partial charge in [0.05, 0.1) is 5.69 Å². The summed E-state index contributed by atoms with van der Waals surface area (Å²) in [5.41, 5.74) is 2.79. The summed E-state index contributed by atoms with van der Waals surface area (Å²) < 4.78 is 0. The van der Waals surface area contributed by atoms with Crippen molar-refractivity contribution in [2.24, 2.45) is 0 Å². The molecule has 0 aromatic carbocycles. The van der Waals surface area contributed by atoms with E-state index in [9.17, 15) is 0 Å². The standard InChI is InChI=1S/C12H14N4/c13-8-11-9-4-3-5-10(9)14-12(15-11)16-6-1-2-7-16/h1-7H2. The minimum Gasteiger partial charge on any atom is -0.341 e. The molecule has 3 rings (SSSR count). The first-order valence-electron chi connectivity index (χ1n) is 5.93. The highest BCUT2D eigenvalue weighted by atomic mass is 15.3. The van der Waals surface area contributed by atoms with Crippen molar-refractivity contribution in [1.82, 2.24) is 9.97 Å². The van der Waals surface area contributed by atoms with E-state index in [4.69, 9.17) is 5.26 Å². The van der Waals surface area contributed by atoms with Crippen LogP contribution in [0.15, 0.2) is 0 Å². The van der Waals surface area contributed by atoms with Gasteiger partial charge in [0.1, 0.15) is 11.8 Å². The fourth-order valence-corrected chi connectivity index (χ4v) is 2.57. The van der Waals surface area contributed by atoms with Crippen molar-refractivity contribution in [2.75, 3.05) is 18.0 Å². The van der Waals surface area contributed by atoms with Crippen LogP contribution in [0, 0.1) is 11.3 Å². The normalized spacial score (nSPS) is 18.6. The van der Waals surface area contributed by atoms with Crippen LogP contribution in [-0.2, 0) is 12.8 Å². The Bertz CT molecular complexity index is 455. The van der Waals surface area contributed by atoms with Gasteiger partial charge in [-0.1, -0.05) is 0 Å². The van der Waals surface area contributed by atoms with Gasteiger partial charge in [-0.2, -0.15) is 5.26 Å². The molecule has 1 aromatic rings. The summed E-state index contributed by atoms with van der Waals surface area (Å²) >= 11 is 0. The molecule has 0 N–H and O–H groups in total. The monoisotopic (exact) mass is 214 g/mol. The fraction of sp³-hybridized carbons (Fsp3) is 0.583. The zero-order chi connectivity index (χ0) is 11.0. The van der Waals surface area contributed by atoms with Crippen molar-refractivity contribution in [2.45, 2.75) is 32.1 Å². The van der Waals surface area contributed by atoms with Gasteiger partial charge in [0, 0.05) is 18.7 Å². The van der Waals surface area contributed by atoms with Crippen LogP contribution in [0.1, 0.15) is 36.2 Å². The molecule has 82 valence electrons. The highest BCUT2D eigenvalue weighted by molar-refractivity contribution is 5.44. The summed E-state index contributed by atoms with van der Waals surface area (Å²) in [7, 11) is 0. The van der Waals surface area contributed by atoms with Gasteiger partial charge in [0.15, 0.2) is 0 Å². The third kappa shape index (κ3) is 1.44. The Balaban J connectivity index is 2.04. The van der Waals surface area contributed by atoms with Crippen LogP contribution >= 0.6 is 0 Å². The van der Waals surface area contributed by atoms with Crippen LogP contribution in [-0.4, -0.2) is 23.1 Å². The largest absolute Gasteiger partial charge is 0.341 e. The van der Waals surface area contributed by atoms with Crippen molar-refractivity contribution in [3.05, 3.63) is 17.0 Å². The summed E-state index contributed by atoms with van der Waals surface area (Å²) in [5.74, 6) is 0.773. The van der Waals surface area contributed by atoms with Gasteiger partial charge in [0.2, 0.25) is 5.95 Å². The quantitative estimate of drug-likeness (QED) is 0.709. The van der Waals surface area contributed by atoms with E-state index in [1.807, 2.05) is 0 Å². The average Bonchev–Trinajstić information content (AvgIpc) is 2.97. The molecule has 0 atom stereocenters. The van der Waals surface area contributed by atoms with Crippen molar-refractivity contribution >= 4 is 5.95 Å². The molecule has 1 fully saturated rings. The van der Waals surface area contributed by atoms with Crippen molar-refractivity contribution in [3.63, 3.8) is 0 Å². The van der Waals surface area contributed by atoms with Crippen molar-refractivity contribution < 1.29 is 0 Å². The van der Waals surface area contributed by atoms with Crippen molar-refractivity contribution in [3.8, 4) is 6.07 Å². The first-order valence-corrected chi connectivity index (χ1v) is 5.93. The van der Waals surface area contributed by atoms with E-state index in [1.54, 1.807) is 0 Å². The van der Waals surface area contributed by atoms with E-state index in [-0.39, 0.29) is 0 Å². The lowest BCUT2D eigenvalue weighted by Gasteiger charge is -2.16. The summed E-state index contributed by atoms with van der Waals surface area (Å²) in [5, 5.41) is 9.11. The number of fused-ring (bicyclic) bond motifs is 1. The van der Waals surface area contributed by atoms with Gasteiger partial charge in [0.25, 0.3) is 0 Å². The molecule has 0 amide bonds. The number of nitrogens with zero attached hydrogens (tertiary/aromatic N) is 4. The van der Waals surface area contributed by atoms with Crippen LogP contribution < -0.4 is 4.90 Å². The van der Waals surface area contributed by atoms with Gasteiger partial charge in [-0.3, -0.25) is 0 Å². The Hall–Kier alpha value is -1.63. The van der Waals surface area contributed by atoms with E-state index in [2.05, 4.69) is 20.9 Å². The lowest BCUT2D eigenvalue weighted by atomic mass is 10.2. The molecule has 16 heavy (non-hydrogen) atoms. The van der Waals surface area contributed by atoms with Gasteiger partial charge in [-0.15, -0.1) is 0 Å². The van der Waals surface area contributed by atoms with Crippen LogP contribution in [0.5, 0.6) is 0 Å². The second-order valence-corrected chi connectivity index (χ2v) is 4.46. The van der Waals surface area contributed by atoms with E-state index in [0.29, 0.717) is 5.69 Å². The van der Waals surface area contributed by atoms with Crippen LogP contribution in [0.25, 0.3) is 0 Å². The number of rotatable bonds is 1. The maximum absolute atomic E-state index is 9.11. The molecule has 0 bridgehead atoms. The smallest absolute Gasteiger partial charge is 0.226 e. The third-order valence-electron chi connectivity index (χ3n) is 3.42. The first kappa shape index (κ1) is 9.59. The number of hydrogen-bond acceptors (Lipinski definition) is 4. The van der Waals surface area contributed by atoms with Gasteiger partial charge < -0.3 is 4.90 Å². The SMILES string of the molecule is N#Cc1nc(N2CCCC2)nc2c1CCC2. The Morgan fingerprint density at radius 3 is 2.62 bits per heavy atom. The second kappa shape index (κ2) is 3.75. The fourth-order valence-electron chi connectivity index (χ4n) is 2.57. The van der Waals surface area contributed by atoms with Crippen LogP contribution in [0.3, 0.4) is 0 Å². The molecule has 1 aromatic heterocycles. The number of nitriles is 1. The highest BCUT2D eigenvalue weighted by Crippen LogP contribution is 2.25. The Morgan fingerprint density at radius 2 is 1.88 bits per heavy atom. The minimum atomic E-state index is 0.601. The third-order valence-corrected chi connectivity index (χ3v) is 3.42. The second-order valence-electron chi connectivity index (χ2n) is 4.46. The summed E-state index contributed by atoms with van der Waals surface area (Å²) in [6.07, 6.45) is 5.51. The number of hydrogen-bond donors (Lipinski definition) is 0. The number of anilines is 1. The Labute approximate surface area is 94.9 Å². The predicted octanol–water partition coefficient (Wildman–Crippen LogP) is 1.44. The molecule has 1 aliphatic carbocycles. The molecule has 4 nitrogen and oxygen atoms in total. The maximum atomic E-state index is 9.11. The van der Waals surface area contributed by atoms with Crippen molar-refractivity contribution in [1.29, 1.82) is 5.26 Å². The molecule has 0 saturated carbocycles. The summed E-state index contributed by atoms with van der Waals surface area (Å²) in [4.78, 5) is 11.2. The van der Waals surface area contributed by atoms with Gasteiger partial charge >= 0.3 is 0 Å². The Kier molecular flexibility index (Phi) is 2.24. The molecule has 0 radical (unpaired) electrons. The maximum Gasteiger partial charge on any atom is 0.226 e. The Morgan fingerprint density at radius 1 is 1.06 bits per heavy atom. The van der Waals surface area contributed by atoms with Gasteiger partial charge in [-0.05, 0) is 32.1 Å². The molecular formula is C12H14N4. The molecular weight excluding hydrogens is 200 g/mol. The molecule has 2 aliphatic rings. The topological polar surface area (TPSA) is 52.8 Å². The number of aromatic nitrogens is 2. The minimum absolute atomic E-state index is 0.601. The average molecular weight is 214 g/mol. The molecule has 1 saturated heterocycles. The van der Waals surface area contributed by atoms with Crippen LogP contribution in [0.2, 0.25) is 0 Å². The number of aryl methyl sites for hydroxylation is 1. The predicted molar refractivity (Wildman–Crippen MR) is 60.2 cm³/mol. The molecule has 0 unspecified atom stereocenters. The van der Waals surface area contributed by atoms with E-state index < -0.39 is 0 Å². The molecule has 2 heterocycles. The lowest BCUT2D eigenvalue weighted by Crippen LogP contribution is -2.21. The summed E-state index contributed by atoms with van der Waals surface area (Å²) in [6.45, 7) is 2.06. The van der Waals surface area contributed by atoms with E-state index in [0.717, 1.165) is 49.6 Å². The zero-order valence-electron chi connectivity index (χ0n) is 9.24. The summed E-state index contributed by atoms with van der Waals surface area (Å²) in [6, 6.07) is 2.21. The van der Waals surface area contributed by atoms with Gasteiger partial charge in [-0.25, -0.2) is 9.97 Å². The first-order chi connectivity index (χ1) is 7.88.